The summed E-state index contributed by atoms with van der Waals surface area (Å²) >= 11 is 0. The van der Waals surface area contributed by atoms with Gasteiger partial charge in [-0.25, -0.2) is 0 Å². The lowest BCUT2D eigenvalue weighted by Crippen LogP contribution is -2.45. The molecule has 156 valence electrons. The first kappa shape index (κ1) is 22.2. The predicted molar refractivity (Wildman–Crippen MR) is 102 cm³/mol. The van der Waals surface area contributed by atoms with Crippen molar-refractivity contribution in [1.82, 2.24) is 9.80 Å². The summed E-state index contributed by atoms with van der Waals surface area (Å²) in [5.41, 5.74) is -1.17. The minimum Gasteiger partial charge on any atom is -0.342 e. The van der Waals surface area contributed by atoms with Gasteiger partial charge < -0.3 is 10.2 Å². The molecule has 1 saturated carbocycles. The van der Waals surface area contributed by atoms with Crippen LogP contribution in [0.15, 0.2) is 24.3 Å². The molecule has 2 rings (SSSR count). The number of rotatable bonds is 7. The Labute approximate surface area is 163 Å². The SMILES string of the molecule is CCN(CC(=O)Nc1ccccc1C(F)(F)F)CC(=O)N(C)C1CCCCC1. The fourth-order valence-corrected chi connectivity index (χ4v) is 3.49. The Morgan fingerprint density at radius 3 is 2.36 bits per heavy atom. The van der Waals surface area contributed by atoms with Crippen LogP contribution >= 0.6 is 0 Å². The molecule has 28 heavy (non-hydrogen) atoms. The third-order valence-corrected chi connectivity index (χ3v) is 5.20. The Bertz CT molecular complexity index is 673. The summed E-state index contributed by atoms with van der Waals surface area (Å²) in [6, 6.07) is 5.09. The molecule has 0 saturated heterocycles. The summed E-state index contributed by atoms with van der Waals surface area (Å²) in [7, 11) is 1.78. The number of benzene rings is 1. The molecule has 1 fully saturated rings. The van der Waals surface area contributed by atoms with E-state index in [-0.39, 0.29) is 30.7 Å². The van der Waals surface area contributed by atoms with Crippen LogP contribution in [-0.4, -0.2) is 54.3 Å². The van der Waals surface area contributed by atoms with Gasteiger partial charge in [0.1, 0.15) is 0 Å². The van der Waals surface area contributed by atoms with Crippen LogP contribution in [0.4, 0.5) is 18.9 Å². The summed E-state index contributed by atoms with van der Waals surface area (Å²) in [5.74, 6) is -0.649. The van der Waals surface area contributed by atoms with Gasteiger partial charge in [0.15, 0.2) is 0 Å². The van der Waals surface area contributed by atoms with Gasteiger partial charge in [-0.1, -0.05) is 38.3 Å². The van der Waals surface area contributed by atoms with Crippen molar-refractivity contribution in [2.45, 2.75) is 51.2 Å². The number of para-hydroxylation sites is 1. The van der Waals surface area contributed by atoms with Crippen molar-refractivity contribution in [2.24, 2.45) is 0 Å². The first-order valence-corrected chi connectivity index (χ1v) is 9.66. The molecular weight excluding hydrogens is 371 g/mol. The predicted octanol–water partition coefficient (Wildman–Crippen LogP) is 3.76. The van der Waals surface area contributed by atoms with E-state index in [0.717, 1.165) is 31.7 Å². The van der Waals surface area contributed by atoms with Crippen LogP contribution < -0.4 is 5.32 Å². The fraction of sp³-hybridized carbons (Fsp3) is 0.600. The fourth-order valence-electron chi connectivity index (χ4n) is 3.49. The van der Waals surface area contributed by atoms with Gasteiger partial charge in [-0.15, -0.1) is 0 Å². The van der Waals surface area contributed by atoms with Gasteiger partial charge in [0.2, 0.25) is 11.8 Å². The summed E-state index contributed by atoms with van der Waals surface area (Å²) in [6.07, 6.45) is 0.847. The molecule has 1 aliphatic rings. The van der Waals surface area contributed by atoms with Gasteiger partial charge in [0.25, 0.3) is 0 Å². The second-order valence-electron chi connectivity index (χ2n) is 7.19. The molecule has 0 radical (unpaired) electrons. The van der Waals surface area contributed by atoms with Gasteiger partial charge in [0, 0.05) is 13.1 Å². The van der Waals surface area contributed by atoms with E-state index >= 15 is 0 Å². The van der Waals surface area contributed by atoms with Gasteiger partial charge in [0.05, 0.1) is 24.3 Å². The van der Waals surface area contributed by atoms with Crippen molar-refractivity contribution >= 4 is 17.5 Å². The standard InChI is InChI=1S/C20H28F3N3O2/c1-3-26(14-19(28)25(2)15-9-5-4-6-10-15)13-18(27)24-17-12-8-7-11-16(17)20(21,22)23/h7-8,11-12,15H,3-6,9-10,13-14H2,1-2H3,(H,24,27). The molecule has 0 bridgehead atoms. The quantitative estimate of drug-likeness (QED) is 0.760. The Balaban J connectivity index is 1.93. The molecule has 0 aromatic heterocycles. The molecule has 1 aliphatic carbocycles. The second kappa shape index (κ2) is 9.91. The minimum atomic E-state index is -4.55. The van der Waals surface area contributed by atoms with Crippen LogP contribution in [0.5, 0.6) is 0 Å². The lowest BCUT2D eigenvalue weighted by atomic mass is 9.94. The monoisotopic (exact) mass is 399 g/mol. The molecular formula is C20H28F3N3O2. The first-order chi connectivity index (χ1) is 13.2. The topological polar surface area (TPSA) is 52.7 Å². The van der Waals surface area contributed by atoms with Crippen molar-refractivity contribution in [2.75, 3.05) is 32.0 Å². The number of halogens is 3. The number of carbonyl (C=O) groups excluding carboxylic acids is 2. The Hall–Kier alpha value is -2.09. The maximum atomic E-state index is 13.1. The van der Waals surface area contributed by atoms with Crippen molar-refractivity contribution in [3.63, 3.8) is 0 Å². The number of nitrogens with zero attached hydrogens (tertiary/aromatic N) is 2. The smallest absolute Gasteiger partial charge is 0.342 e. The van der Waals surface area contributed by atoms with Crippen LogP contribution in [0.2, 0.25) is 0 Å². The first-order valence-electron chi connectivity index (χ1n) is 9.66. The number of alkyl halides is 3. The zero-order valence-electron chi connectivity index (χ0n) is 16.4. The molecule has 2 amide bonds. The Morgan fingerprint density at radius 1 is 1.11 bits per heavy atom. The highest BCUT2D eigenvalue weighted by molar-refractivity contribution is 5.93. The Morgan fingerprint density at radius 2 is 1.75 bits per heavy atom. The molecule has 1 aromatic carbocycles. The molecule has 5 nitrogen and oxygen atoms in total. The van der Waals surface area contributed by atoms with Crippen molar-refractivity contribution in [1.29, 1.82) is 0 Å². The van der Waals surface area contributed by atoms with E-state index in [4.69, 9.17) is 0 Å². The average molecular weight is 399 g/mol. The van der Waals surface area contributed by atoms with Gasteiger partial charge in [-0.2, -0.15) is 13.2 Å². The zero-order chi connectivity index (χ0) is 20.7. The van der Waals surface area contributed by atoms with E-state index in [9.17, 15) is 22.8 Å². The number of carbonyl (C=O) groups is 2. The minimum absolute atomic E-state index is 0.0673. The summed E-state index contributed by atoms with van der Waals surface area (Å²) in [5, 5.41) is 2.32. The third-order valence-electron chi connectivity index (χ3n) is 5.20. The van der Waals surface area contributed by atoms with E-state index in [2.05, 4.69) is 5.32 Å². The number of hydrogen-bond donors (Lipinski definition) is 1. The van der Waals surface area contributed by atoms with E-state index in [1.165, 1.54) is 24.6 Å². The molecule has 0 aliphatic heterocycles. The molecule has 1 aromatic rings. The highest BCUT2D eigenvalue weighted by atomic mass is 19.4. The molecule has 0 atom stereocenters. The number of nitrogens with one attached hydrogen (secondary N) is 1. The van der Waals surface area contributed by atoms with Crippen molar-refractivity contribution < 1.29 is 22.8 Å². The van der Waals surface area contributed by atoms with E-state index in [1.54, 1.807) is 16.8 Å². The molecule has 0 heterocycles. The maximum absolute atomic E-state index is 13.1. The lowest BCUT2D eigenvalue weighted by Gasteiger charge is -2.32. The average Bonchev–Trinajstić information content (AvgIpc) is 2.67. The normalized spacial score (nSPS) is 15.5. The van der Waals surface area contributed by atoms with E-state index in [0.29, 0.717) is 6.54 Å². The van der Waals surface area contributed by atoms with Gasteiger partial charge >= 0.3 is 6.18 Å². The molecule has 0 unspecified atom stereocenters. The van der Waals surface area contributed by atoms with Crippen LogP contribution in [-0.2, 0) is 15.8 Å². The zero-order valence-corrected chi connectivity index (χ0v) is 16.4. The van der Waals surface area contributed by atoms with Crippen LogP contribution in [0.25, 0.3) is 0 Å². The highest BCUT2D eigenvalue weighted by Gasteiger charge is 2.33. The third kappa shape index (κ3) is 6.22. The maximum Gasteiger partial charge on any atom is 0.418 e. The number of amides is 2. The summed E-state index contributed by atoms with van der Waals surface area (Å²) in [6.45, 7) is 2.17. The molecule has 1 N–H and O–H groups in total. The van der Waals surface area contributed by atoms with Gasteiger partial charge in [-0.3, -0.25) is 14.5 Å². The van der Waals surface area contributed by atoms with E-state index < -0.39 is 17.6 Å². The Kier molecular flexibility index (Phi) is 7.86. The van der Waals surface area contributed by atoms with Crippen LogP contribution in [0.3, 0.4) is 0 Å². The number of anilines is 1. The van der Waals surface area contributed by atoms with Crippen LogP contribution in [0.1, 0.15) is 44.6 Å². The largest absolute Gasteiger partial charge is 0.418 e. The summed E-state index contributed by atoms with van der Waals surface area (Å²) < 4.78 is 39.2. The van der Waals surface area contributed by atoms with Crippen molar-refractivity contribution in [3.05, 3.63) is 29.8 Å². The highest BCUT2D eigenvalue weighted by Crippen LogP contribution is 2.34. The van der Waals surface area contributed by atoms with E-state index in [1.807, 2.05) is 6.92 Å². The second-order valence-corrected chi connectivity index (χ2v) is 7.19. The lowest BCUT2D eigenvalue weighted by molar-refractivity contribution is -0.137. The van der Waals surface area contributed by atoms with Crippen LogP contribution in [0, 0.1) is 0 Å². The summed E-state index contributed by atoms with van der Waals surface area (Å²) in [4.78, 5) is 28.2. The van der Waals surface area contributed by atoms with Crippen molar-refractivity contribution in [3.8, 4) is 0 Å². The van der Waals surface area contributed by atoms with Gasteiger partial charge in [-0.05, 0) is 31.5 Å². The number of likely N-dealkylation sites (N-methyl/N-ethyl adjacent to an activating group) is 2. The molecule has 8 heteroatoms. The number of hydrogen-bond acceptors (Lipinski definition) is 3. The molecule has 0 spiro atoms.